The molecule has 0 aliphatic carbocycles. The number of carbonyl (C=O) groups excluding carboxylic acids is 1. The highest BCUT2D eigenvalue weighted by molar-refractivity contribution is 9.10. The first-order chi connectivity index (χ1) is 11.0. The van der Waals surface area contributed by atoms with Gasteiger partial charge in [-0.05, 0) is 43.3 Å². The number of halogens is 2. The molecule has 0 heterocycles. The van der Waals surface area contributed by atoms with Crippen LogP contribution in [0.2, 0.25) is 0 Å². The Bertz CT molecular complexity index is 721. The third kappa shape index (κ3) is 4.01. The Hall–Kier alpha value is -2.08. The topological polar surface area (TPSA) is 47.6 Å². The van der Waals surface area contributed by atoms with Crippen molar-refractivity contribution in [2.75, 3.05) is 14.2 Å². The maximum Gasteiger partial charge on any atom is 0.254 e. The van der Waals surface area contributed by atoms with Gasteiger partial charge in [-0.1, -0.05) is 15.9 Å². The second-order valence-electron chi connectivity index (χ2n) is 4.93. The van der Waals surface area contributed by atoms with Crippen LogP contribution in [0.25, 0.3) is 0 Å². The van der Waals surface area contributed by atoms with E-state index < -0.39 is 11.7 Å². The average molecular weight is 382 g/mol. The number of carbonyl (C=O) groups is 1. The predicted octanol–water partition coefficient (Wildman–Crippen LogP) is 4.10. The predicted molar refractivity (Wildman–Crippen MR) is 89.5 cm³/mol. The number of amides is 1. The quantitative estimate of drug-likeness (QED) is 0.847. The van der Waals surface area contributed by atoms with Crippen LogP contribution in [-0.4, -0.2) is 20.1 Å². The Morgan fingerprint density at radius 1 is 1.17 bits per heavy atom. The van der Waals surface area contributed by atoms with Gasteiger partial charge in [0.05, 0.1) is 25.8 Å². The zero-order chi connectivity index (χ0) is 17.0. The molecule has 6 heteroatoms. The molecule has 2 aromatic carbocycles. The Morgan fingerprint density at radius 2 is 1.91 bits per heavy atom. The van der Waals surface area contributed by atoms with E-state index >= 15 is 0 Å². The summed E-state index contributed by atoms with van der Waals surface area (Å²) in [5.74, 6) is 0.195. The number of benzene rings is 2. The van der Waals surface area contributed by atoms with Gasteiger partial charge in [0.1, 0.15) is 17.3 Å². The zero-order valence-corrected chi connectivity index (χ0v) is 14.6. The molecule has 1 atom stereocenters. The maximum absolute atomic E-state index is 13.8. The number of hydrogen-bond acceptors (Lipinski definition) is 3. The Kier molecular flexibility index (Phi) is 5.60. The van der Waals surface area contributed by atoms with E-state index in [1.807, 2.05) is 0 Å². The maximum atomic E-state index is 13.8. The summed E-state index contributed by atoms with van der Waals surface area (Å²) in [5, 5.41) is 2.77. The molecule has 122 valence electrons. The van der Waals surface area contributed by atoms with E-state index in [0.717, 1.165) is 5.56 Å². The minimum Gasteiger partial charge on any atom is -0.497 e. The number of nitrogens with one attached hydrogen (secondary N) is 1. The van der Waals surface area contributed by atoms with Crippen LogP contribution in [0.3, 0.4) is 0 Å². The summed E-state index contributed by atoms with van der Waals surface area (Å²) in [5.41, 5.74) is 0.726. The van der Waals surface area contributed by atoms with Gasteiger partial charge in [-0.3, -0.25) is 4.79 Å². The summed E-state index contributed by atoms with van der Waals surface area (Å²) in [4.78, 5) is 12.3. The second kappa shape index (κ2) is 7.46. The molecule has 1 amide bonds. The monoisotopic (exact) mass is 381 g/mol. The highest BCUT2D eigenvalue weighted by atomic mass is 79.9. The van der Waals surface area contributed by atoms with Crippen molar-refractivity contribution in [3.05, 3.63) is 57.8 Å². The third-order valence-electron chi connectivity index (χ3n) is 3.42. The van der Waals surface area contributed by atoms with E-state index in [0.29, 0.717) is 16.0 Å². The molecule has 0 saturated carbocycles. The number of ether oxygens (including phenoxy) is 2. The molecule has 1 N–H and O–H groups in total. The van der Waals surface area contributed by atoms with Gasteiger partial charge in [-0.25, -0.2) is 4.39 Å². The minimum absolute atomic E-state index is 0.0203. The van der Waals surface area contributed by atoms with Gasteiger partial charge in [0.2, 0.25) is 0 Å². The molecular weight excluding hydrogens is 365 g/mol. The number of rotatable bonds is 5. The molecule has 23 heavy (non-hydrogen) atoms. The molecule has 4 nitrogen and oxygen atoms in total. The van der Waals surface area contributed by atoms with Gasteiger partial charge >= 0.3 is 0 Å². The van der Waals surface area contributed by atoms with Gasteiger partial charge < -0.3 is 14.8 Å². The Labute approximate surface area is 142 Å². The Morgan fingerprint density at radius 3 is 2.57 bits per heavy atom. The van der Waals surface area contributed by atoms with Gasteiger partial charge in [0, 0.05) is 10.0 Å². The van der Waals surface area contributed by atoms with Gasteiger partial charge in [0.15, 0.2) is 0 Å². The molecule has 0 bridgehead atoms. The molecule has 0 aromatic heterocycles. The summed E-state index contributed by atoms with van der Waals surface area (Å²) in [6, 6.07) is 9.16. The lowest BCUT2D eigenvalue weighted by molar-refractivity contribution is 0.0935. The van der Waals surface area contributed by atoms with Crippen LogP contribution in [0.5, 0.6) is 11.5 Å². The highest BCUT2D eigenvalue weighted by Gasteiger charge is 2.18. The lowest BCUT2D eigenvalue weighted by Gasteiger charge is -2.18. The van der Waals surface area contributed by atoms with E-state index in [9.17, 15) is 9.18 Å². The normalized spacial score (nSPS) is 11.7. The number of methoxy groups -OCH3 is 2. The van der Waals surface area contributed by atoms with Crippen LogP contribution in [-0.2, 0) is 0 Å². The summed E-state index contributed by atoms with van der Waals surface area (Å²) >= 11 is 3.23. The first kappa shape index (κ1) is 17.3. The van der Waals surface area contributed by atoms with Gasteiger partial charge in [0.25, 0.3) is 5.91 Å². The fourth-order valence-corrected chi connectivity index (χ4v) is 2.56. The lowest BCUT2D eigenvalue weighted by atomic mass is 10.1. The van der Waals surface area contributed by atoms with Crippen molar-refractivity contribution < 1.29 is 18.7 Å². The van der Waals surface area contributed by atoms with Crippen LogP contribution in [0.15, 0.2) is 40.9 Å². The van der Waals surface area contributed by atoms with Crippen molar-refractivity contribution in [2.24, 2.45) is 0 Å². The molecule has 0 aliphatic heterocycles. The highest BCUT2D eigenvalue weighted by Crippen LogP contribution is 2.29. The molecule has 0 radical (unpaired) electrons. The van der Waals surface area contributed by atoms with E-state index in [1.54, 1.807) is 45.4 Å². The van der Waals surface area contributed by atoms with Crippen LogP contribution in [0.1, 0.15) is 28.9 Å². The summed E-state index contributed by atoms with van der Waals surface area (Å²) in [6.45, 7) is 1.80. The second-order valence-corrected chi connectivity index (χ2v) is 5.84. The molecular formula is C17H17BrFNO3. The van der Waals surface area contributed by atoms with Crippen LogP contribution < -0.4 is 14.8 Å². The van der Waals surface area contributed by atoms with E-state index in [2.05, 4.69) is 21.2 Å². The van der Waals surface area contributed by atoms with Crippen molar-refractivity contribution in [3.63, 3.8) is 0 Å². The molecule has 2 rings (SSSR count). The lowest BCUT2D eigenvalue weighted by Crippen LogP contribution is -2.27. The van der Waals surface area contributed by atoms with E-state index in [4.69, 9.17) is 9.47 Å². The molecule has 0 spiro atoms. The molecule has 0 saturated heterocycles. The van der Waals surface area contributed by atoms with Crippen molar-refractivity contribution in [1.29, 1.82) is 0 Å². The molecule has 2 aromatic rings. The number of hydrogen-bond donors (Lipinski definition) is 1. The SMILES string of the molecule is COc1ccc(OC)c(C(C)NC(=O)c2cc(Br)ccc2F)c1. The van der Waals surface area contributed by atoms with E-state index in [1.165, 1.54) is 12.1 Å². The first-order valence-corrected chi connectivity index (χ1v) is 7.73. The summed E-state index contributed by atoms with van der Waals surface area (Å²) in [6.07, 6.45) is 0. The van der Waals surface area contributed by atoms with Crippen molar-refractivity contribution >= 4 is 21.8 Å². The first-order valence-electron chi connectivity index (χ1n) is 6.94. The van der Waals surface area contributed by atoms with Gasteiger partial charge in [-0.2, -0.15) is 0 Å². The smallest absolute Gasteiger partial charge is 0.254 e. The van der Waals surface area contributed by atoms with Crippen molar-refractivity contribution in [2.45, 2.75) is 13.0 Å². The molecule has 1 unspecified atom stereocenters. The fraction of sp³-hybridized carbons (Fsp3) is 0.235. The van der Waals surface area contributed by atoms with E-state index in [-0.39, 0.29) is 11.6 Å². The fourth-order valence-electron chi connectivity index (χ4n) is 2.20. The minimum atomic E-state index is -0.574. The van der Waals surface area contributed by atoms with Crippen LogP contribution in [0, 0.1) is 5.82 Å². The summed E-state index contributed by atoms with van der Waals surface area (Å²) in [7, 11) is 3.11. The van der Waals surface area contributed by atoms with Crippen molar-refractivity contribution in [3.8, 4) is 11.5 Å². The average Bonchev–Trinajstić information content (AvgIpc) is 2.56. The molecule has 0 aliphatic rings. The van der Waals surface area contributed by atoms with Gasteiger partial charge in [-0.15, -0.1) is 0 Å². The van der Waals surface area contributed by atoms with Crippen molar-refractivity contribution in [1.82, 2.24) is 5.32 Å². The summed E-state index contributed by atoms with van der Waals surface area (Å²) < 4.78 is 24.9. The zero-order valence-electron chi connectivity index (χ0n) is 13.0. The van der Waals surface area contributed by atoms with Crippen LogP contribution >= 0.6 is 15.9 Å². The standard InChI is InChI=1S/C17H17BrFNO3/c1-10(13-9-12(22-2)5-7-16(13)23-3)20-17(21)14-8-11(18)4-6-15(14)19/h4-10H,1-3H3,(H,20,21). The Balaban J connectivity index is 2.26. The third-order valence-corrected chi connectivity index (χ3v) is 3.92. The molecule has 0 fully saturated rings. The largest absolute Gasteiger partial charge is 0.497 e. The van der Waals surface area contributed by atoms with Crippen LogP contribution in [0.4, 0.5) is 4.39 Å².